The summed E-state index contributed by atoms with van der Waals surface area (Å²) >= 11 is 0. The highest BCUT2D eigenvalue weighted by atomic mass is 32.2. The van der Waals surface area contributed by atoms with Crippen LogP contribution in [0, 0.1) is 0 Å². The van der Waals surface area contributed by atoms with Crippen LogP contribution in [-0.4, -0.2) is 52.6 Å². The number of ether oxygens (including phenoxy) is 1. The van der Waals surface area contributed by atoms with Crippen LogP contribution >= 0.6 is 0 Å². The molecule has 0 bridgehead atoms. The van der Waals surface area contributed by atoms with Crippen LogP contribution in [0.3, 0.4) is 0 Å². The van der Waals surface area contributed by atoms with Crippen LogP contribution in [0.25, 0.3) is 0 Å². The number of phenolic OH excluding ortho intramolecular Hbond substituents is 1. The van der Waals surface area contributed by atoms with E-state index >= 15 is 0 Å². The van der Waals surface area contributed by atoms with E-state index in [1.165, 1.54) is 22.5 Å². The van der Waals surface area contributed by atoms with Crippen molar-refractivity contribution in [1.29, 1.82) is 0 Å². The molecule has 2 N–H and O–H groups in total. The summed E-state index contributed by atoms with van der Waals surface area (Å²) in [5, 5.41) is 10.1. The fourth-order valence-electron chi connectivity index (χ4n) is 3.11. The molecule has 164 valence electrons. The van der Waals surface area contributed by atoms with Gasteiger partial charge in [-0.25, -0.2) is 16.8 Å². The van der Waals surface area contributed by atoms with Gasteiger partial charge >= 0.3 is 0 Å². The zero-order valence-corrected chi connectivity index (χ0v) is 18.5. The number of rotatable bonds is 7. The van der Waals surface area contributed by atoms with Crippen LogP contribution in [-0.2, 0) is 24.8 Å². The standard InChI is InChI=1S/C20H26N2O6S2/c1-3-15(2)16-4-6-17(7-5-16)29(24,25)21-19-14-18(8-9-20(19)23)30(26,27)22-10-12-28-13-11-22/h4-9,14-15,21,23H,3,10-13H2,1-2H3/t15-/m1/s1. The van der Waals surface area contributed by atoms with Gasteiger partial charge in [-0.15, -0.1) is 0 Å². The number of benzene rings is 2. The van der Waals surface area contributed by atoms with Gasteiger partial charge in [0.15, 0.2) is 0 Å². The molecule has 1 aliphatic heterocycles. The summed E-state index contributed by atoms with van der Waals surface area (Å²) in [5.41, 5.74) is 0.827. The van der Waals surface area contributed by atoms with Gasteiger partial charge in [-0.1, -0.05) is 26.0 Å². The molecule has 1 atom stereocenters. The average Bonchev–Trinajstić information content (AvgIpc) is 2.75. The van der Waals surface area contributed by atoms with E-state index in [4.69, 9.17) is 4.74 Å². The Morgan fingerprint density at radius 1 is 1.03 bits per heavy atom. The van der Waals surface area contributed by atoms with Crippen LogP contribution in [0.1, 0.15) is 31.7 Å². The summed E-state index contributed by atoms with van der Waals surface area (Å²) in [6.45, 7) is 5.13. The molecule has 30 heavy (non-hydrogen) atoms. The Hall–Kier alpha value is -2.14. The van der Waals surface area contributed by atoms with Gasteiger partial charge in [0.1, 0.15) is 5.75 Å². The van der Waals surface area contributed by atoms with Gasteiger partial charge < -0.3 is 9.84 Å². The number of phenols is 1. The first-order valence-corrected chi connectivity index (χ1v) is 12.6. The van der Waals surface area contributed by atoms with Crippen LogP contribution in [0.15, 0.2) is 52.3 Å². The second-order valence-corrected chi connectivity index (χ2v) is 10.8. The van der Waals surface area contributed by atoms with E-state index in [0.29, 0.717) is 19.1 Å². The van der Waals surface area contributed by atoms with Crippen molar-refractivity contribution >= 4 is 25.7 Å². The highest BCUT2D eigenvalue weighted by Gasteiger charge is 2.27. The van der Waals surface area contributed by atoms with Crippen molar-refractivity contribution < 1.29 is 26.7 Å². The summed E-state index contributed by atoms with van der Waals surface area (Å²) < 4.78 is 59.9. The maximum atomic E-state index is 12.8. The van der Waals surface area contributed by atoms with Gasteiger partial charge in [0, 0.05) is 13.1 Å². The van der Waals surface area contributed by atoms with Crippen molar-refractivity contribution in [3.8, 4) is 5.75 Å². The maximum absolute atomic E-state index is 12.8. The average molecular weight is 455 g/mol. The molecule has 3 rings (SSSR count). The number of nitrogens with zero attached hydrogens (tertiary/aromatic N) is 1. The predicted octanol–water partition coefficient (Wildman–Crippen LogP) is 2.73. The third-order valence-electron chi connectivity index (χ3n) is 5.19. The number of hydrogen-bond acceptors (Lipinski definition) is 6. The molecule has 8 nitrogen and oxygen atoms in total. The van der Waals surface area contributed by atoms with Crippen LogP contribution < -0.4 is 4.72 Å². The molecule has 0 aliphatic carbocycles. The number of aromatic hydroxyl groups is 1. The minimum atomic E-state index is -4.01. The van der Waals surface area contributed by atoms with Gasteiger partial charge in [-0.2, -0.15) is 4.31 Å². The van der Waals surface area contributed by atoms with Crippen LogP contribution in [0.2, 0.25) is 0 Å². The number of morpholine rings is 1. The second kappa shape index (κ2) is 8.93. The fraction of sp³-hybridized carbons (Fsp3) is 0.400. The van der Waals surface area contributed by atoms with Gasteiger partial charge in [0.25, 0.3) is 10.0 Å². The molecule has 1 fully saturated rings. The summed E-state index contributed by atoms with van der Waals surface area (Å²) in [5.74, 6) is -0.0587. The van der Waals surface area contributed by atoms with Crippen molar-refractivity contribution in [2.45, 2.75) is 36.0 Å². The lowest BCUT2D eigenvalue weighted by Crippen LogP contribution is -2.40. The molecule has 0 aromatic heterocycles. The Kier molecular flexibility index (Phi) is 6.71. The van der Waals surface area contributed by atoms with Gasteiger partial charge in [0.2, 0.25) is 10.0 Å². The van der Waals surface area contributed by atoms with Crippen molar-refractivity contribution in [2.75, 3.05) is 31.0 Å². The number of anilines is 1. The van der Waals surface area contributed by atoms with E-state index < -0.39 is 20.0 Å². The van der Waals surface area contributed by atoms with Gasteiger partial charge in [-0.05, 0) is 48.2 Å². The van der Waals surface area contributed by atoms with Crippen LogP contribution in [0.4, 0.5) is 5.69 Å². The Morgan fingerprint density at radius 3 is 2.23 bits per heavy atom. The van der Waals surface area contributed by atoms with E-state index in [9.17, 15) is 21.9 Å². The zero-order chi connectivity index (χ0) is 21.9. The molecule has 0 amide bonds. The Labute approximate surface area is 177 Å². The summed E-state index contributed by atoms with van der Waals surface area (Å²) in [7, 11) is -7.84. The molecule has 0 spiro atoms. The first-order valence-electron chi connectivity index (χ1n) is 9.69. The SMILES string of the molecule is CC[C@@H](C)c1ccc(S(=O)(=O)Nc2cc(S(=O)(=O)N3CCOCC3)ccc2O)cc1. The quantitative estimate of drug-likeness (QED) is 0.622. The summed E-state index contributed by atoms with van der Waals surface area (Å²) in [6.07, 6.45) is 0.933. The zero-order valence-electron chi connectivity index (χ0n) is 16.9. The largest absolute Gasteiger partial charge is 0.506 e. The van der Waals surface area contributed by atoms with E-state index in [1.54, 1.807) is 12.1 Å². The third kappa shape index (κ3) is 4.77. The van der Waals surface area contributed by atoms with Crippen molar-refractivity contribution in [2.24, 2.45) is 0 Å². The molecule has 2 aromatic carbocycles. The van der Waals surface area contributed by atoms with Gasteiger partial charge in [-0.3, -0.25) is 4.72 Å². The van der Waals surface area contributed by atoms with Crippen molar-refractivity contribution in [1.82, 2.24) is 4.31 Å². The van der Waals surface area contributed by atoms with E-state index in [2.05, 4.69) is 18.6 Å². The second-order valence-electron chi connectivity index (χ2n) is 7.18. The van der Waals surface area contributed by atoms with Crippen molar-refractivity contribution in [3.05, 3.63) is 48.0 Å². The van der Waals surface area contributed by atoms with Crippen LogP contribution in [0.5, 0.6) is 5.75 Å². The molecule has 1 saturated heterocycles. The minimum Gasteiger partial charge on any atom is -0.506 e. The van der Waals surface area contributed by atoms with E-state index in [-0.39, 0.29) is 34.3 Å². The molecule has 2 aromatic rings. The summed E-state index contributed by atoms with van der Waals surface area (Å²) in [6, 6.07) is 10.0. The number of nitrogens with one attached hydrogen (secondary N) is 1. The summed E-state index contributed by atoms with van der Waals surface area (Å²) in [4.78, 5) is -0.0811. The Balaban J connectivity index is 1.88. The van der Waals surface area contributed by atoms with Gasteiger partial charge in [0.05, 0.1) is 28.7 Å². The lowest BCUT2D eigenvalue weighted by molar-refractivity contribution is 0.0730. The number of hydrogen-bond donors (Lipinski definition) is 2. The predicted molar refractivity (Wildman–Crippen MR) is 114 cm³/mol. The third-order valence-corrected chi connectivity index (χ3v) is 8.47. The molecular formula is C20H26N2O6S2. The lowest BCUT2D eigenvalue weighted by Gasteiger charge is -2.26. The maximum Gasteiger partial charge on any atom is 0.262 e. The monoisotopic (exact) mass is 454 g/mol. The van der Waals surface area contributed by atoms with Crippen molar-refractivity contribution in [3.63, 3.8) is 0 Å². The van der Waals surface area contributed by atoms with E-state index in [1.807, 2.05) is 0 Å². The Bertz CT molecular complexity index is 1090. The molecule has 0 radical (unpaired) electrons. The lowest BCUT2D eigenvalue weighted by atomic mass is 9.99. The normalized spacial score (nSPS) is 16.9. The highest BCUT2D eigenvalue weighted by Crippen LogP contribution is 2.30. The molecule has 0 unspecified atom stereocenters. The first-order chi connectivity index (χ1) is 14.1. The molecule has 1 heterocycles. The minimum absolute atomic E-state index is 0.0235. The molecular weight excluding hydrogens is 428 g/mol. The van der Waals surface area contributed by atoms with E-state index in [0.717, 1.165) is 24.1 Å². The fourth-order valence-corrected chi connectivity index (χ4v) is 5.61. The molecule has 0 saturated carbocycles. The Morgan fingerprint density at radius 2 is 1.63 bits per heavy atom. The smallest absolute Gasteiger partial charge is 0.262 e. The molecule has 1 aliphatic rings. The first kappa shape index (κ1) is 22.5. The molecule has 10 heteroatoms. The number of sulfonamides is 2. The highest BCUT2D eigenvalue weighted by molar-refractivity contribution is 7.92. The topological polar surface area (TPSA) is 113 Å².